The highest BCUT2D eigenvalue weighted by molar-refractivity contribution is 14.0. The quantitative estimate of drug-likeness (QED) is 0.326. The van der Waals surface area contributed by atoms with Gasteiger partial charge in [-0.15, -0.1) is 24.0 Å². The highest BCUT2D eigenvalue weighted by Gasteiger charge is 2.23. The summed E-state index contributed by atoms with van der Waals surface area (Å²) < 4.78 is 10.6. The fraction of sp³-hybridized carbons (Fsp3) is 0.381. The molecule has 1 fully saturated rings. The topological polar surface area (TPSA) is 72.1 Å². The van der Waals surface area contributed by atoms with Crippen molar-refractivity contribution in [1.82, 2.24) is 0 Å². The van der Waals surface area contributed by atoms with Gasteiger partial charge in [0.15, 0.2) is 17.5 Å². The highest BCUT2D eigenvalue weighted by atomic mass is 127. The number of hydrogen-bond donors (Lipinski definition) is 2. The first kappa shape index (κ1) is 23.4. The standard InChI is InChI=1S/C21H27ClN4O2.HI/c1-14-4-5-16(22)10-18(14)26-9-8-15(13-26)12-24-21(23)25-17-6-7-19(27-2)20(11-17)28-3;/h4-7,10-11,15H,8-9,12-13H2,1-3H3,(H3,23,24,25);1H. The Morgan fingerprint density at radius 1 is 1.21 bits per heavy atom. The summed E-state index contributed by atoms with van der Waals surface area (Å²) in [4.78, 5) is 6.90. The zero-order valence-electron chi connectivity index (χ0n) is 16.9. The van der Waals surface area contributed by atoms with Crippen LogP contribution in [0.15, 0.2) is 41.4 Å². The largest absolute Gasteiger partial charge is 0.493 e. The molecule has 1 heterocycles. The average Bonchev–Trinajstić information content (AvgIpc) is 3.17. The lowest BCUT2D eigenvalue weighted by molar-refractivity contribution is 0.355. The molecule has 29 heavy (non-hydrogen) atoms. The predicted octanol–water partition coefficient (Wildman–Crippen LogP) is 4.54. The van der Waals surface area contributed by atoms with E-state index in [0.717, 1.165) is 30.2 Å². The van der Waals surface area contributed by atoms with Crippen LogP contribution in [0.5, 0.6) is 11.5 Å². The van der Waals surface area contributed by atoms with E-state index in [1.54, 1.807) is 14.2 Å². The van der Waals surface area contributed by atoms with Crippen molar-refractivity contribution in [1.29, 1.82) is 0 Å². The van der Waals surface area contributed by atoms with Crippen molar-refractivity contribution in [3.63, 3.8) is 0 Å². The third-order valence-electron chi connectivity index (χ3n) is 4.97. The van der Waals surface area contributed by atoms with Gasteiger partial charge in [0.2, 0.25) is 0 Å². The second kappa shape index (κ2) is 10.8. The van der Waals surface area contributed by atoms with E-state index in [1.165, 1.54) is 11.3 Å². The molecule has 2 aromatic carbocycles. The van der Waals surface area contributed by atoms with Crippen LogP contribution in [0.3, 0.4) is 0 Å². The number of halogens is 2. The molecule has 0 bridgehead atoms. The molecule has 3 rings (SSSR count). The Morgan fingerprint density at radius 2 is 1.97 bits per heavy atom. The second-order valence-electron chi connectivity index (χ2n) is 6.95. The third-order valence-corrected chi connectivity index (χ3v) is 5.21. The van der Waals surface area contributed by atoms with E-state index >= 15 is 0 Å². The molecule has 158 valence electrons. The van der Waals surface area contributed by atoms with Crippen molar-refractivity contribution >= 4 is 52.9 Å². The minimum atomic E-state index is 0. The molecule has 0 aromatic heterocycles. The molecule has 0 saturated carbocycles. The number of benzene rings is 2. The lowest BCUT2D eigenvalue weighted by Crippen LogP contribution is -2.25. The van der Waals surface area contributed by atoms with Gasteiger partial charge in [-0.3, -0.25) is 4.99 Å². The molecule has 1 unspecified atom stereocenters. The van der Waals surface area contributed by atoms with Gasteiger partial charge in [-0.1, -0.05) is 17.7 Å². The molecule has 1 aliphatic rings. The van der Waals surface area contributed by atoms with Crippen LogP contribution in [-0.4, -0.2) is 39.8 Å². The summed E-state index contributed by atoms with van der Waals surface area (Å²) in [5.74, 6) is 2.17. The van der Waals surface area contributed by atoms with Crippen molar-refractivity contribution in [2.45, 2.75) is 13.3 Å². The van der Waals surface area contributed by atoms with Crippen molar-refractivity contribution in [3.8, 4) is 11.5 Å². The summed E-state index contributed by atoms with van der Waals surface area (Å²) in [5.41, 5.74) is 9.32. The molecule has 1 atom stereocenters. The maximum absolute atomic E-state index is 6.16. The number of hydrogen-bond acceptors (Lipinski definition) is 4. The molecule has 3 N–H and O–H groups in total. The van der Waals surface area contributed by atoms with E-state index in [4.69, 9.17) is 26.8 Å². The number of ether oxygens (including phenoxy) is 2. The first-order valence-corrected chi connectivity index (χ1v) is 9.68. The molecule has 2 aromatic rings. The van der Waals surface area contributed by atoms with E-state index in [2.05, 4.69) is 28.2 Å². The zero-order chi connectivity index (χ0) is 20.1. The third kappa shape index (κ3) is 6.05. The van der Waals surface area contributed by atoms with Gasteiger partial charge in [-0.2, -0.15) is 0 Å². The molecule has 0 aliphatic carbocycles. The van der Waals surface area contributed by atoms with Crippen LogP contribution < -0.4 is 25.4 Å². The maximum Gasteiger partial charge on any atom is 0.193 e. The SMILES string of the molecule is COc1ccc(NC(N)=NCC2CCN(c3cc(Cl)ccc3C)C2)cc1OC.I. The van der Waals surface area contributed by atoms with Gasteiger partial charge in [0.05, 0.1) is 14.2 Å². The molecule has 1 aliphatic heterocycles. The summed E-state index contributed by atoms with van der Waals surface area (Å²) in [6.07, 6.45) is 1.08. The van der Waals surface area contributed by atoms with E-state index < -0.39 is 0 Å². The van der Waals surface area contributed by atoms with Crippen molar-refractivity contribution in [2.75, 3.05) is 44.1 Å². The van der Waals surface area contributed by atoms with Crippen LogP contribution in [0.4, 0.5) is 11.4 Å². The second-order valence-corrected chi connectivity index (χ2v) is 7.39. The maximum atomic E-state index is 6.16. The molecule has 8 heteroatoms. The van der Waals surface area contributed by atoms with Gasteiger partial charge >= 0.3 is 0 Å². The Bertz CT molecular complexity index is 863. The lowest BCUT2D eigenvalue weighted by Gasteiger charge is -2.21. The molecule has 0 amide bonds. The Morgan fingerprint density at radius 3 is 2.69 bits per heavy atom. The number of aryl methyl sites for hydroxylation is 1. The van der Waals surface area contributed by atoms with Crippen molar-refractivity contribution in [3.05, 3.63) is 47.0 Å². The monoisotopic (exact) mass is 530 g/mol. The smallest absolute Gasteiger partial charge is 0.193 e. The first-order valence-electron chi connectivity index (χ1n) is 9.30. The number of rotatable bonds is 6. The fourth-order valence-corrected chi connectivity index (χ4v) is 3.62. The van der Waals surface area contributed by atoms with E-state index in [1.807, 2.05) is 30.3 Å². The number of anilines is 2. The predicted molar refractivity (Wildman–Crippen MR) is 132 cm³/mol. The Labute approximate surface area is 194 Å². The summed E-state index contributed by atoms with van der Waals surface area (Å²) in [6.45, 7) is 4.75. The molecular formula is C21H28ClIN4O2. The van der Waals surface area contributed by atoms with Crippen LogP contribution >= 0.6 is 35.6 Å². The molecular weight excluding hydrogens is 503 g/mol. The zero-order valence-corrected chi connectivity index (χ0v) is 20.0. The van der Waals surface area contributed by atoms with Gasteiger partial charge in [0.1, 0.15) is 0 Å². The Kier molecular flexibility index (Phi) is 8.70. The lowest BCUT2D eigenvalue weighted by atomic mass is 10.1. The molecule has 1 saturated heterocycles. The Hall–Kier alpha value is -1.87. The van der Waals surface area contributed by atoms with Gasteiger partial charge < -0.3 is 25.4 Å². The first-order chi connectivity index (χ1) is 13.5. The summed E-state index contributed by atoms with van der Waals surface area (Å²) in [5, 5.41) is 3.88. The molecule has 0 radical (unpaired) electrons. The van der Waals surface area contributed by atoms with Crippen LogP contribution in [0.25, 0.3) is 0 Å². The number of aliphatic imine (C=N–C) groups is 1. The summed E-state index contributed by atoms with van der Waals surface area (Å²) in [7, 11) is 3.21. The van der Waals surface area contributed by atoms with Crippen LogP contribution in [0.1, 0.15) is 12.0 Å². The minimum Gasteiger partial charge on any atom is -0.493 e. The number of methoxy groups -OCH3 is 2. The highest BCUT2D eigenvalue weighted by Crippen LogP contribution is 2.30. The van der Waals surface area contributed by atoms with Crippen LogP contribution in [0, 0.1) is 12.8 Å². The van der Waals surface area contributed by atoms with E-state index in [-0.39, 0.29) is 24.0 Å². The minimum absolute atomic E-state index is 0. The van der Waals surface area contributed by atoms with Crippen molar-refractivity contribution < 1.29 is 9.47 Å². The molecule has 6 nitrogen and oxygen atoms in total. The normalized spacial score (nSPS) is 16.3. The summed E-state index contributed by atoms with van der Waals surface area (Å²) >= 11 is 6.16. The number of nitrogens with one attached hydrogen (secondary N) is 1. The van der Waals surface area contributed by atoms with Gasteiger partial charge in [0, 0.05) is 42.1 Å². The van der Waals surface area contributed by atoms with Gasteiger partial charge in [-0.25, -0.2) is 0 Å². The van der Waals surface area contributed by atoms with E-state index in [0.29, 0.717) is 29.9 Å². The molecule has 0 spiro atoms. The number of nitrogens with two attached hydrogens (primary N) is 1. The number of nitrogens with zero attached hydrogens (tertiary/aromatic N) is 2. The fourth-order valence-electron chi connectivity index (χ4n) is 3.45. The Balaban J connectivity index is 0.00000300. The van der Waals surface area contributed by atoms with Crippen LogP contribution in [-0.2, 0) is 0 Å². The summed E-state index contributed by atoms with van der Waals surface area (Å²) in [6, 6.07) is 11.6. The van der Waals surface area contributed by atoms with Gasteiger partial charge in [-0.05, 0) is 49.1 Å². The van der Waals surface area contributed by atoms with Crippen molar-refractivity contribution in [2.24, 2.45) is 16.6 Å². The van der Waals surface area contributed by atoms with Gasteiger partial charge in [0.25, 0.3) is 0 Å². The van der Waals surface area contributed by atoms with Crippen LogP contribution in [0.2, 0.25) is 5.02 Å². The average molecular weight is 531 g/mol. The number of guanidine groups is 1. The van der Waals surface area contributed by atoms with E-state index in [9.17, 15) is 0 Å².